The van der Waals surface area contributed by atoms with Crippen LogP contribution in [0.2, 0.25) is 0 Å². The quantitative estimate of drug-likeness (QED) is 0.303. The molecule has 0 saturated carbocycles. The van der Waals surface area contributed by atoms with E-state index in [9.17, 15) is 0 Å². The molecule has 0 bridgehead atoms. The average molecular weight is 221 g/mol. The largest absolute Gasteiger partial charge is 0.0882 e. The summed E-state index contributed by atoms with van der Waals surface area (Å²) in [6.45, 7) is 6.10. The van der Waals surface area contributed by atoms with Gasteiger partial charge in [-0.15, -0.1) is 0 Å². The molecule has 0 fully saturated rings. The number of rotatable bonds is 11. The summed E-state index contributed by atoms with van der Waals surface area (Å²) >= 11 is 0. The molecule has 0 spiro atoms. The smallest absolute Gasteiger partial charge is 0.0169 e. The van der Waals surface area contributed by atoms with Crippen LogP contribution in [-0.4, -0.2) is 0 Å². The average Bonchev–Trinajstić information content (AvgIpc) is 2.31. The topological polar surface area (TPSA) is 0 Å². The van der Waals surface area contributed by atoms with Crippen molar-refractivity contribution in [1.82, 2.24) is 0 Å². The molecule has 0 heterocycles. The fourth-order valence-electron chi connectivity index (χ4n) is 1.63. The van der Waals surface area contributed by atoms with Gasteiger partial charge in [0.25, 0.3) is 0 Å². The Hall–Kier alpha value is -0.520. The molecule has 93 valence electrons. The van der Waals surface area contributed by atoms with Crippen molar-refractivity contribution in [1.29, 1.82) is 0 Å². The molecule has 0 N–H and O–H groups in total. The standard InChI is InChI=1S/C16H29/c1-3-5-7-9-11-13-15-16-14-12-10-8-6-4-2/h12-15H,1,3-11,16H2,2H3/b14-12+,15-13+. The molecule has 0 saturated heterocycles. The normalized spacial score (nSPS) is 11.9. The van der Waals surface area contributed by atoms with Crippen molar-refractivity contribution in [3.8, 4) is 0 Å². The Kier molecular flexibility index (Phi) is 14.0. The van der Waals surface area contributed by atoms with E-state index in [-0.39, 0.29) is 0 Å². The van der Waals surface area contributed by atoms with Gasteiger partial charge in [0.15, 0.2) is 0 Å². The predicted molar refractivity (Wildman–Crippen MR) is 75.5 cm³/mol. The summed E-state index contributed by atoms with van der Waals surface area (Å²) in [5.74, 6) is 0. The second-order valence-electron chi connectivity index (χ2n) is 4.38. The molecule has 0 aromatic rings. The second kappa shape index (κ2) is 14.5. The van der Waals surface area contributed by atoms with Crippen LogP contribution < -0.4 is 0 Å². The molecule has 1 radical (unpaired) electrons. The lowest BCUT2D eigenvalue weighted by Gasteiger charge is -1.93. The van der Waals surface area contributed by atoms with Gasteiger partial charge in [-0.05, 0) is 32.1 Å². The zero-order chi connectivity index (χ0) is 11.9. The molecule has 0 aromatic carbocycles. The Balaban J connectivity index is 3.14. The Morgan fingerprint density at radius 3 is 1.94 bits per heavy atom. The highest BCUT2D eigenvalue weighted by Gasteiger charge is 1.84. The summed E-state index contributed by atoms with van der Waals surface area (Å²) in [5, 5.41) is 0. The zero-order valence-electron chi connectivity index (χ0n) is 11.1. The molecule has 0 aliphatic rings. The first-order chi connectivity index (χ1) is 7.91. The molecule has 0 heteroatoms. The molecular formula is C16H29. The maximum atomic E-state index is 3.85. The molecular weight excluding hydrogens is 192 g/mol. The van der Waals surface area contributed by atoms with E-state index in [4.69, 9.17) is 0 Å². The number of hydrogen-bond donors (Lipinski definition) is 0. The lowest BCUT2D eigenvalue weighted by molar-refractivity contribution is 0.694. The van der Waals surface area contributed by atoms with E-state index >= 15 is 0 Å². The minimum Gasteiger partial charge on any atom is -0.0882 e. The molecule has 0 aliphatic heterocycles. The van der Waals surface area contributed by atoms with E-state index in [0.717, 1.165) is 12.8 Å². The van der Waals surface area contributed by atoms with Crippen LogP contribution in [0.15, 0.2) is 24.3 Å². The first kappa shape index (κ1) is 15.5. The van der Waals surface area contributed by atoms with Crippen molar-refractivity contribution >= 4 is 0 Å². The molecule has 0 aliphatic carbocycles. The highest BCUT2D eigenvalue weighted by atomic mass is 13.9. The van der Waals surface area contributed by atoms with Gasteiger partial charge in [0.1, 0.15) is 0 Å². The van der Waals surface area contributed by atoms with Crippen LogP contribution >= 0.6 is 0 Å². The molecule has 0 nitrogen and oxygen atoms in total. The summed E-state index contributed by atoms with van der Waals surface area (Å²) in [4.78, 5) is 0. The number of unbranched alkanes of at least 4 members (excludes halogenated alkanes) is 7. The molecule has 0 unspecified atom stereocenters. The van der Waals surface area contributed by atoms with Gasteiger partial charge in [-0.2, -0.15) is 0 Å². The van der Waals surface area contributed by atoms with Crippen LogP contribution in [0, 0.1) is 6.92 Å². The molecule has 0 aromatic heterocycles. The van der Waals surface area contributed by atoms with Crippen LogP contribution in [0.1, 0.15) is 71.1 Å². The van der Waals surface area contributed by atoms with E-state index < -0.39 is 0 Å². The van der Waals surface area contributed by atoms with Gasteiger partial charge in [-0.1, -0.05) is 70.3 Å². The number of hydrogen-bond acceptors (Lipinski definition) is 0. The Morgan fingerprint density at radius 1 is 0.750 bits per heavy atom. The van der Waals surface area contributed by atoms with Crippen molar-refractivity contribution in [2.45, 2.75) is 71.1 Å². The van der Waals surface area contributed by atoms with E-state index in [1.165, 1.54) is 51.4 Å². The van der Waals surface area contributed by atoms with Crippen LogP contribution in [0.3, 0.4) is 0 Å². The second-order valence-corrected chi connectivity index (χ2v) is 4.38. The van der Waals surface area contributed by atoms with Gasteiger partial charge >= 0.3 is 0 Å². The monoisotopic (exact) mass is 221 g/mol. The van der Waals surface area contributed by atoms with Gasteiger partial charge in [-0.25, -0.2) is 0 Å². The third-order valence-electron chi connectivity index (χ3n) is 2.70. The molecule has 0 amide bonds. The van der Waals surface area contributed by atoms with Crippen molar-refractivity contribution in [3.63, 3.8) is 0 Å². The lowest BCUT2D eigenvalue weighted by Crippen LogP contribution is -1.73. The molecule has 16 heavy (non-hydrogen) atoms. The fourth-order valence-corrected chi connectivity index (χ4v) is 1.63. The first-order valence-electron chi connectivity index (χ1n) is 7.01. The Labute approximate surface area is 103 Å². The summed E-state index contributed by atoms with van der Waals surface area (Å²) in [7, 11) is 0. The fraction of sp³-hybridized carbons (Fsp3) is 0.688. The van der Waals surface area contributed by atoms with Gasteiger partial charge in [0, 0.05) is 0 Å². The first-order valence-corrected chi connectivity index (χ1v) is 7.01. The third-order valence-corrected chi connectivity index (χ3v) is 2.70. The summed E-state index contributed by atoms with van der Waals surface area (Å²) in [6.07, 6.45) is 21.9. The predicted octanol–water partition coefficient (Wildman–Crippen LogP) is 5.85. The van der Waals surface area contributed by atoms with Crippen molar-refractivity contribution in [2.24, 2.45) is 0 Å². The van der Waals surface area contributed by atoms with Gasteiger partial charge in [-0.3, -0.25) is 0 Å². The SMILES string of the molecule is [CH2]CCCCC/C=C/C/C=C/CCCCC. The van der Waals surface area contributed by atoms with Gasteiger partial charge in [0.2, 0.25) is 0 Å². The van der Waals surface area contributed by atoms with E-state index in [1.807, 2.05) is 0 Å². The molecule has 0 atom stereocenters. The zero-order valence-corrected chi connectivity index (χ0v) is 11.1. The number of allylic oxidation sites excluding steroid dienone is 4. The maximum absolute atomic E-state index is 3.85. The summed E-state index contributed by atoms with van der Waals surface area (Å²) in [5.41, 5.74) is 0. The Morgan fingerprint density at radius 2 is 1.38 bits per heavy atom. The van der Waals surface area contributed by atoms with Crippen molar-refractivity contribution in [2.75, 3.05) is 0 Å². The lowest BCUT2D eigenvalue weighted by atomic mass is 10.1. The molecule has 0 rings (SSSR count). The highest BCUT2D eigenvalue weighted by molar-refractivity contribution is 4.92. The van der Waals surface area contributed by atoms with E-state index in [0.29, 0.717) is 0 Å². The van der Waals surface area contributed by atoms with Crippen LogP contribution in [0.5, 0.6) is 0 Å². The van der Waals surface area contributed by atoms with Gasteiger partial charge in [0.05, 0.1) is 0 Å². The van der Waals surface area contributed by atoms with Crippen molar-refractivity contribution < 1.29 is 0 Å². The minimum absolute atomic E-state index is 1.09. The van der Waals surface area contributed by atoms with Gasteiger partial charge < -0.3 is 0 Å². The Bertz CT molecular complexity index is 165. The van der Waals surface area contributed by atoms with Crippen molar-refractivity contribution in [3.05, 3.63) is 31.2 Å². The van der Waals surface area contributed by atoms with E-state index in [2.05, 4.69) is 38.2 Å². The maximum Gasteiger partial charge on any atom is -0.0169 e. The van der Waals surface area contributed by atoms with Crippen LogP contribution in [-0.2, 0) is 0 Å². The van der Waals surface area contributed by atoms with Crippen LogP contribution in [0.4, 0.5) is 0 Å². The summed E-state index contributed by atoms with van der Waals surface area (Å²) < 4.78 is 0. The minimum atomic E-state index is 1.09. The summed E-state index contributed by atoms with van der Waals surface area (Å²) in [6, 6.07) is 0. The van der Waals surface area contributed by atoms with Crippen LogP contribution in [0.25, 0.3) is 0 Å². The third kappa shape index (κ3) is 13.5. The highest BCUT2D eigenvalue weighted by Crippen LogP contribution is 2.04. The van der Waals surface area contributed by atoms with E-state index in [1.54, 1.807) is 0 Å².